The van der Waals surface area contributed by atoms with Crippen molar-refractivity contribution >= 4 is 11.5 Å². The maximum absolute atomic E-state index is 11.9. The van der Waals surface area contributed by atoms with Gasteiger partial charge in [-0.25, -0.2) is 0 Å². The molecule has 0 aliphatic rings. The summed E-state index contributed by atoms with van der Waals surface area (Å²) < 4.78 is 0. The Morgan fingerprint density at radius 3 is 2.36 bits per heavy atom. The first kappa shape index (κ1) is 15.7. The number of pyridine rings is 2. The average Bonchev–Trinajstić information content (AvgIpc) is 2.39. The third-order valence-corrected chi connectivity index (χ3v) is 3.07. The number of anilines is 1. The highest BCUT2D eigenvalue weighted by Crippen LogP contribution is 2.21. The van der Waals surface area contributed by atoms with Crippen molar-refractivity contribution < 1.29 is 4.79 Å². The highest BCUT2D eigenvalue weighted by Gasteiger charge is 2.06. The van der Waals surface area contributed by atoms with Crippen molar-refractivity contribution in [2.45, 2.75) is 27.7 Å². The van der Waals surface area contributed by atoms with Gasteiger partial charge in [-0.3, -0.25) is 14.6 Å². The first-order chi connectivity index (χ1) is 10.3. The van der Waals surface area contributed by atoms with E-state index in [9.17, 15) is 9.59 Å². The van der Waals surface area contributed by atoms with Gasteiger partial charge >= 0.3 is 0 Å². The zero-order chi connectivity index (χ0) is 16.3. The monoisotopic (exact) mass is 297 g/mol. The van der Waals surface area contributed by atoms with Crippen molar-refractivity contribution in [1.82, 2.24) is 9.97 Å². The summed E-state index contributed by atoms with van der Waals surface area (Å²) in [6.07, 6.45) is 3.12. The molecule has 114 valence electrons. The number of carbonyl (C=O) groups excluding carboxylic acids is 1. The molecule has 2 heterocycles. The molecule has 0 aliphatic carbocycles. The van der Waals surface area contributed by atoms with Gasteiger partial charge in [0.05, 0.1) is 0 Å². The van der Waals surface area contributed by atoms with Gasteiger partial charge in [0, 0.05) is 28.8 Å². The molecule has 2 rings (SSSR count). The minimum atomic E-state index is -0.234. The maximum atomic E-state index is 11.9. The van der Waals surface area contributed by atoms with Crippen LogP contribution < -0.4 is 10.9 Å². The van der Waals surface area contributed by atoms with Gasteiger partial charge in [-0.1, -0.05) is 0 Å². The van der Waals surface area contributed by atoms with Crippen LogP contribution in [0.25, 0.3) is 11.1 Å². The number of allylic oxidation sites excluding steroid dienone is 2. The minimum absolute atomic E-state index is 0.0713. The zero-order valence-electron chi connectivity index (χ0n) is 13.2. The second-order valence-electron chi connectivity index (χ2n) is 5.33. The number of aryl methyl sites for hydroxylation is 2. The molecular weight excluding hydrogens is 278 g/mol. The second-order valence-corrected chi connectivity index (χ2v) is 5.33. The van der Waals surface area contributed by atoms with E-state index >= 15 is 0 Å². The Morgan fingerprint density at radius 1 is 1.14 bits per heavy atom. The molecule has 2 N–H and O–H groups in total. The molecule has 2 aromatic rings. The molecule has 22 heavy (non-hydrogen) atoms. The highest BCUT2D eigenvalue weighted by molar-refractivity contribution is 5.88. The van der Waals surface area contributed by atoms with E-state index in [-0.39, 0.29) is 11.3 Å². The molecule has 2 aromatic heterocycles. The number of carbonyl (C=O) groups is 1. The van der Waals surface area contributed by atoms with E-state index in [4.69, 9.17) is 0 Å². The molecule has 0 radical (unpaired) electrons. The number of aromatic amines is 1. The fourth-order valence-corrected chi connectivity index (χ4v) is 2.30. The predicted octanol–water partition coefficient (Wildman–Crippen LogP) is 2.96. The number of hydrogen-bond acceptors (Lipinski definition) is 4. The number of nitrogens with zero attached hydrogens (tertiary/aromatic N) is 1. The number of ketones is 1. The fraction of sp³-hybridized carbons (Fsp3) is 0.235. The fourth-order valence-electron chi connectivity index (χ4n) is 2.30. The van der Waals surface area contributed by atoms with Gasteiger partial charge < -0.3 is 10.3 Å². The lowest BCUT2D eigenvalue weighted by Crippen LogP contribution is -2.13. The maximum Gasteiger partial charge on any atom is 0.271 e. The molecule has 0 saturated heterocycles. The standard InChI is InChI=1S/C17H19N3O2/c1-10(5-13(4)21)20-16-8-15(9-18-17(16)22)14-6-11(2)19-12(3)7-14/h5-9,20H,1-4H3,(H,18,22)/b10-5+. The summed E-state index contributed by atoms with van der Waals surface area (Å²) in [5.41, 5.74) is 4.50. The lowest BCUT2D eigenvalue weighted by Gasteiger charge is -2.09. The largest absolute Gasteiger partial charge is 0.355 e. The summed E-state index contributed by atoms with van der Waals surface area (Å²) in [7, 11) is 0. The van der Waals surface area contributed by atoms with Crippen molar-refractivity contribution in [3.8, 4) is 11.1 Å². The van der Waals surface area contributed by atoms with E-state index in [0.29, 0.717) is 11.4 Å². The van der Waals surface area contributed by atoms with Crippen LogP contribution in [0.2, 0.25) is 0 Å². The lowest BCUT2D eigenvalue weighted by molar-refractivity contribution is -0.112. The number of rotatable bonds is 4. The van der Waals surface area contributed by atoms with Crippen LogP contribution >= 0.6 is 0 Å². The van der Waals surface area contributed by atoms with Gasteiger partial charge in [-0.15, -0.1) is 0 Å². The van der Waals surface area contributed by atoms with Crippen molar-refractivity contribution in [1.29, 1.82) is 0 Å². The molecule has 0 unspecified atom stereocenters. The Labute approximate surface area is 129 Å². The van der Waals surface area contributed by atoms with E-state index in [1.165, 1.54) is 13.0 Å². The number of aromatic nitrogens is 2. The molecule has 0 bridgehead atoms. The normalized spacial score (nSPS) is 11.4. The Kier molecular flexibility index (Phi) is 4.56. The van der Waals surface area contributed by atoms with E-state index < -0.39 is 0 Å². The summed E-state index contributed by atoms with van der Waals surface area (Å²) >= 11 is 0. The topological polar surface area (TPSA) is 74.8 Å². The molecule has 0 fully saturated rings. The van der Waals surface area contributed by atoms with Crippen molar-refractivity contribution in [3.05, 3.63) is 57.9 Å². The summed E-state index contributed by atoms with van der Waals surface area (Å²) in [6, 6.07) is 5.69. The van der Waals surface area contributed by atoms with Crippen LogP contribution in [0, 0.1) is 13.8 Å². The molecule has 0 aliphatic heterocycles. The molecule has 0 atom stereocenters. The zero-order valence-corrected chi connectivity index (χ0v) is 13.2. The predicted molar refractivity (Wildman–Crippen MR) is 87.8 cm³/mol. The quantitative estimate of drug-likeness (QED) is 0.851. The lowest BCUT2D eigenvalue weighted by atomic mass is 10.1. The van der Waals surface area contributed by atoms with Crippen LogP contribution in [0.1, 0.15) is 25.2 Å². The molecule has 0 amide bonds. The van der Waals surface area contributed by atoms with Gasteiger partial charge in [0.25, 0.3) is 5.56 Å². The number of hydrogen-bond donors (Lipinski definition) is 2. The molecule has 0 saturated carbocycles. The molecule has 5 nitrogen and oxygen atoms in total. The third kappa shape index (κ3) is 3.91. The molecule has 0 spiro atoms. The van der Waals surface area contributed by atoms with E-state index in [1.54, 1.807) is 19.2 Å². The van der Waals surface area contributed by atoms with Crippen LogP contribution in [-0.2, 0) is 4.79 Å². The van der Waals surface area contributed by atoms with Crippen LogP contribution in [-0.4, -0.2) is 15.8 Å². The molecule has 5 heteroatoms. The second kappa shape index (κ2) is 6.39. The summed E-state index contributed by atoms with van der Waals surface area (Å²) in [5.74, 6) is -0.0713. The number of H-pyrrole nitrogens is 1. The average molecular weight is 297 g/mol. The smallest absolute Gasteiger partial charge is 0.271 e. The summed E-state index contributed by atoms with van der Waals surface area (Å²) in [4.78, 5) is 30.1. The first-order valence-corrected chi connectivity index (χ1v) is 6.99. The SMILES string of the molecule is CC(=O)/C=C(\C)Nc1cc(-c2cc(C)nc(C)c2)c[nH]c1=O. The van der Waals surface area contributed by atoms with Crippen LogP contribution in [0.15, 0.2) is 41.0 Å². The van der Waals surface area contributed by atoms with Gasteiger partial charge in [0.2, 0.25) is 0 Å². The summed E-state index contributed by atoms with van der Waals surface area (Å²) in [6.45, 7) is 7.07. The number of nitrogens with one attached hydrogen (secondary N) is 2. The van der Waals surface area contributed by atoms with Gasteiger partial charge in [-0.05, 0) is 57.5 Å². The van der Waals surface area contributed by atoms with E-state index in [2.05, 4.69) is 15.3 Å². The van der Waals surface area contributed by atoms with Gasteiger partial charge in [-0.2, -0.15) is 0 Å². The minimum Gasteiger partial charge on any atom is -0.355 e. The van der Waals surface area contributed by atoms with Crippen molar-refractivity contribution in [2.24, 2.45) is 0 Å². The van der Waals surface area contributed by atoms with Gasteiger partial charge in [0.15, 0.2) is 5.78 Å². The van der Waals surface area contributed by atoms with E-state index in [1.807, 2.05) is 26.0 Å². The molecule has 0 aromatic carbocycles. The van der Waals surface area contributed by atoms with E-state index in [0.717, 1.165) is 22.5 Å². The van der Waals surface area contributed by atoms with Crippen molar-refractivity contribution in [3.63, 3.8) is 0 Å². The van der Waals surface area contributed by atoms with Crippen LogP contribution in [0.5, 0.6) is 0 Å². The van der Waals surface area contributed by atoms with Gasteiger partial charge in [0.1, 0.15) is 5.69 Å². The Morgan fingerprint density at radius 2 is 1.77 bits per heavy atom. The van der Waals surface area contributed by atoms with Crippen LogP contribution in [0.3, 0.4) is 0 Å². The third-order valence-electron chi connectivity index (χ3n) is 3.07. The molecular formula is C17H19N3O2. The highest BCUT2D eigenvalue weighted by atomic mass is 16.1. The van der Waals surface area contributed by atoms with Crippen molar-refractivity contribution in [2.75, 3.05) is 5.32 Å². The summed E-state index contributed by atoms with van der Waals surface area (Å²) in [5, 5.41) is 2.96. The van der Waals surface area contributed by atoms with Crippen LogP contribution in [0.4, 0.5) is 5.69 Å². The first-order valence-electron chi connectivity index (χ1n) is 6.99. The Balaban J connectivity index is 2.42. The Bertz CT molecular complexity index is 784. The Hall–Kier alpha value is -2.69.